The molecular formula is C11H20N4O3. The minimum Gasteiger partial charge on any atom is -0.370 e. The molecule has 102 valence electrons. The van der Waals surface area contributed by atoms with E-state index in [1.807, 2.05) is 0 Å². The van der Waals surface area contributed by atoms with Crippen molar-refractivity contribution in [2.45, 2.75) is 43.8 Å². The van der Waals surface area contributed by atoms with Crippen molar-refractivity contribution in [2.75, 3.05) is 13.1 Å². The van der Waals surface area contributed by atoms with Crippen LogP contribution in [0.3, 0.4) is 0 Å². The third-order valence-electron chi connectivity index (χ3n) is 3.80. The predicted octanol–water partition coefficient (Wildman–Crippen LogP) is -1.44. The molecule has 2 aliphatic rings. The van der Waals surface area contributed by atoms with E-state index in [2.05, 4.69) is 10.6 Å². The van der Waals surface area contributed by atoms with E-state index in [0.717, 1.165) is 17.9 Å². The summed E-state index contributed by atoms with van der Waals surface area (Å²) in [6, 6.07) is -0.243. The van der Waals surface area contributed by atoms with Crippen molar-refractivity contribution < 1.29 is 14.8 Å². The number of nitrogens with zero attached hydrogens (tertiary/aromatic N) is 1. The molecule has 0 radical (unpaired) electrons. The van der Waals surface area contributed by atoms with Gasteiger partial charge in [-0.15, -0.1) is 0 Å². The van der Waals surface area contributed by atoms with Crippen molar-refractivity contribution >= 4 is 11.8 Å². The molecule has 2 aliphatic heterocycles. The largest absolute Gasteiger partial charge is 0.370 e. The Morgan fingerprint density at radius 3 is 2.89 bits per heavy atom. The van der Waals surface area contributed by atoms with Gasteiger partial charge in [-0.1, -0.05) is 0 Å². The Bertz CT molecular complexity index is 362. The summed E-state index contributed by atoms with van der Waals surface area (Å²) in [5.74, 6) is -0.393. The third kappa shape index (κ3) is 2.47. The van der Waals surface area contributed by atoms with Crippen LogP contribution in [0.5, 0.6) is 0 Å². The second kappa shape index (κ2) is 4.83. The molecule has 0 bridgehead atoms. The van der Waals surface area contributed by atoms with Gasteiger partial charge in [-0.25, -0.2) is 0 Å². The Hall–Kier alpha value is -1.18. The summed E-state index contributed by atoms with van der Waals surface area (Å²) in [4.78, 5) is 22.2. The number of primary amides is 1. The second-order valence-corrected chi connectivity index (χ2v) is 5.29. The fourth-order valence-corrected chi connectivity index (χ4v) is 2.59. The summed E-state index contributed by atoms with van der Waals surface area (Å²) >= 11 is 0. The van der Waals surface area contributed by atoms with Crippen molar-refractivity contribution in [2.24, 2.45) is 5.73 Å². The number of amides is 2. The van der Waals surface area contributed by atoms with Crippen LogP contribution in [-0.2, 0) is 9.59 Å². The van der Waals surface area contributed by atoms with Gasteiger partial charge < -0.3 is 16.3 Å². The van der Waals surface area contributed by atoms with Gasteiger partial charge in [0.25, 0.3) is 0 Å². The van der Waals surface area contributed by atoms with Crippen molar-refractivity contribution in [1.82, 2.24) is 15.7 Å². The van der Waals surface area contributed by atoms with Gasteiger partial charge >= 0.3 is 0 Å². The van der Waals surface area contributed by atoms with E-state index < -0.39 is 11.4 Å². The Morgan fingerprint density at radius 1 is 1.72 bits per heavy atom. The first kappa shape index (κ1) is 13.3. The molecule has 1 spiro atoms. The van der Waals surface area contributed by atoms with Crippen LogP contribution in [0.4, 0.5) is 0 Å². The molecular weight excluding hydrogens is 236 g/mol. The standard InChI is InChI=1S/C11H20N4O3/c1-7(4-9(12)16)15(18)5-8-2-3-11(14-8)6-13-10(11)17/h7-8,14,18H,2-6H2,1H3,(H2,12,16)(H,13,17). The fourth-order valence-electron chi connectivity index (χ4n) is 2.59. The highest BCUT2D eigenvalue weighted by molar-refractivity contribution is 5.93. The number of β-lactam (4-membered cyclic amide) rings is 1. The van der Waals surface area contributed by atoms with Crippen LogP contribution in [0.1, 0.15) is 26.2 Å². The first-order valence-corrected chi connectivity index (χ1v) is 6.23. The first-order chi connectivity index (χ1) is 8.43. The number of nitrogens with two attached hydrogens (primary N) is 1. The van der Waals surface area contributed by atoms with Gasteiger partial charge in [-0.05, 0) is 19.8 Å². The second-order valence-electron chi connectivity index (χ2n) is 5.29. The van der Waals surface area contributed by atoms with Gasteiger partial charge in [0, 0.05) is 31.6 Å². The molecule has 2 heterocycles. The molecule has 0 aliphatic carbocycles. The highest BCUT2D eigenvalue weighted by Gasteiger charge is 2.51. The van der Waals surface area contributed by atoms with E-state index in [4.69, 9.17) is 5.73 Å². The average Bonchev–Trinajstić information content (AvgIpc) is 2.72. The van der Waals surface area contributed by atoms with Crippen molar-refractivity contribution in [3.63, 3.8) is 0 Å². The van der Waals surface area contributed by atoms with Crippen LogP contribution in [0, 0.1) is 0 Å². The number of hydrogen-bond acceptors (Lipinski definition) is 5. The highest BCUT2D eigenvalue weighted by atomic mass is 16.5. The van der Waals surface area contributed by atoms with Gasteiger partial charge in [0.2, 0.25) is 11.8 Å². The number of carbonyl (C=O) groups excluding carboxylic acids is 2. The molecule has 0 aromatic heterocycles. The summed E-state index contributed by atoms with van der Waals surface area (Å²) < 4.78 is 0. The van der Waals surface area contributed by atoms with E-state index in [1.165, 1.54) is 0 Å². The number of carbonyl (C=O) groups is 2. The lowest BCUT2D eigenvalue weighted by Gasteiger charge is -2.38. The van der Waals surface area contributed by atoms with Crippen LogP contribution >= 0.6 is 0 Å². The summed E-state index contributed by atoms with van der Waals surface area (Å²) in [7, 11) is 0. The van der Waals surface area contributed by atoms with Gasteiger partial charge in [-0.3, -0.25) is 14.9 Å². The van der Waals surface area contributed by atoms with E-state index in [0.29, 0.717) is 13.1 Å². The molecule has 5 N–H and O–H groups in total. The number of rotatable bonds is 5. The van der Waals surface area contributed by atoms with Gasteiger partial charge in [0.15, 0.2) is 0 Å². The van der Waals surface area contributed by atoms with E-state index in [9.17, 15) is 14.8 Å². The maximum absolute atomic E-state index is 11.5. The minimum atomic E-state index is -0.434. The maximum Gasteiger partial charge on any atom is 0.242 e. The monoisotopic (exact) mass is 256 g/mol. The SMILES string of the molecule is CC(CC(N)=O)N(O)CC1CCC2(CNC2=O)N1. The summed E-state index contributed by atoms with van der Waals surface area (Å²) in [5.41, 5.74) is 4.67. The fraction of sp³-hybridized carbons (Fsp3) is 0.818. The molecule has 2 rings (SSSR count). The lowest BCUT2D eigenvalue weighted by molar-refractivity contribution is -0.141. The molecule has 7 heteroatoms. The molecule has 0 saturated carbocycles. The topological polar surface area (TPSA) is 108 Å². The predicted molar refractivity (Wildman–Crippen MR) is 63.7 cm³/mol. The molecule has 2 fully saturated rings. The van der Waals surface area contributed by atoms with Gasteiger partial charge in [-0.2, -0.15) is 5.06 Å². The molecule has 0 aromatic carbocycles. The Balaban J connectivity index is 1.80. The van der Waals surface area contributed by atoms with Crippen molar-refractivity contribution in [1.29, 1.82) is 0 Å². The summed E-state index contributed by atoms with van der Waals surface area (Å²) in [6.45, 7) is 2.79. The molecule has 3 unspecified atom stereocenters. The lowest BCUT2D eigenvalue weighted by Crippen LogP contribution is -2.70. The van der Waals surface area contributed by atoms with Gasteiger partial charge in [0.05, 0.1) is 0 Å². The van der Waals surface area contributed by atoms with E-state index in [-0.39, 0.29) is 24.4 Å². The minimum absolute atomic E-state index is 0.0414. The van der Waals surface area contributed by atoms with E-state index in [1.54, 1.807) is 6.92 Å². The molecule has 18 heavy (non-hydrogen) atoms. The maximum atomic E-state index is 11.5. The molecule has 7 nitrogen and oxygen atoms in total. The smallest absolute Gasteiger partial charge is 0.242 e. The van der Waals surface area contributed by atoms with Crippen LogP contribution in [0.2, 0.25) is 0 Å². The molecule has 0 aromatic rings. The van der Waals surface area contributed by atoms with Crippen LogP contribution in [0.15, 0.2) is 0 Å². The molecule has 2 saturated heterocycles. The Labute approximate surface area is 106 Å². The van der Waals surface area contributed by atoms with Crippen molar-refractivity contribution in [3.8, 4) is 0 Å². The van der Waals surface area contributed by atoms with E-state index >= 15 is 0 Å². The molecule has 2 amide bonds. The zero-order valence-electron chi connectivity index (χ0n) is 10.5. The highest BCUT2D eigenvalue weighted by Crippen LogP contribution is 2.28. The van der Waals surface area contributed by atoms with Crippen LogP contribution < -0.4 is 16.4 Å². The molecule has 3 atom stereocenters. The van der Waals surface area contributed by atoms with Gasteiger partial charge in [0.1, 0.15) is 5.54 Å². The summed E-state index contributed by atoms with van der Waals surface area (Å²) in [5, 5.41) is 16.9. The zero-order chi connectivity index (χ0) is 13.3. The Morgan fingerprint density at radius 2 is 2.44 bits per heavy atom. The average molecular weight is 256 g/mol. The summed E-state index contributed by atoms with van der Waals surface area (Å²) in [6.07, 6.45) is 1.75. The first-order valence-electron chi connectivity index (χ1n) is 6.23. The third-order valence-corrected chi connectivity index (χ3v) is 3.80. The van der Waals surface area contributed by atoms with Crippen molar-refractivity contribution in [3.05, 3.63) is 0 Å². The van der Waals surface area contributed by atoms with Crippen LogP contribution in [-0.4, -0.2) is 52.8 Å². The number of nitrogens with one attached hydrogen (secondary N) is 2. The van der Waals surface area contributed by atoms with Crippen LogP contribution in [0.25, 0.3) is 0 Å². The zero-order valence-corrected chi connectivity index (χ0v) is 10.5. The number of hydrogen-bond donors (Lipinski definition) is 4. The normalized spacial score (nSPS) is 32.4. The lowest BCUT2D eigenvalue weighted by atomic mass is 9.90. The Kier molecular flexibility index (Phi) is 3.56. The number of hydroxylamine groups is 2. The quantitative estimate of drug-likeness (QED) is 0.356.